The number of carbonyl (C=O) groups excluding carboxylic acids is 1. The van der Waals surface area contributed by atoms with E-state index in [0.717, 1.165) is 0 Å². The van der Waals surface area contributed by atoms with Crippen LogP contribution in [-0.4, -0.2) is 57.4 Å². The number of aliphatic hydroxyl groups excluding tert-OH is 1. The number of fused-ring (bicyclic) bond motifs is 1. The summed E-state index contributed by atoms with van der Waals surface area (Å²) in [6, 6.07) is -0.893. The molecule has 2 aliphatic carbocycles. The molecule has 0 aromatic carbocycles. The van der Waals surface area contributed by atoms with Crippen molar-refractivity contribution in [2.24, 2.45) is 29.2 Å². The van der Waals surface area contributed by atoms with Crippen molar-refractivity contribution in [2.45, 2.75) is 43.4 Å². The van der Waals surface area contributed by atoms with Gasteiger partial charge < -0.3 is 32.1 Å². The van der Waals surface area contributed by atoms with E-state index in [1.54, 1.807) is 0 Å². The lowest BCUT2D eigenvalue weighted by molar-refractivity contribution is -0.151. The smallest absolute Gasteiger partial charge is 0.329 e. The van der Waals surface area contributed by atoms with Gasteiger partial charge in [-0.3, -0.25) is 9.59 Å². The summed E-state index contributed by atoms with van der Waals surface area (Å²) in [6.07, 6.45) is 0.430. The van der Waals surface area contributed by atoms with E-state index in [1.165, 1.54) is 0 Å². The van der Waals surface area contributed by atoms with Crippen molar-refractivity contribution in [1.29, 1.82) is 0 Å². The van der Waals surface area contributed by atoms with Gasteiger partial charge in [-0.15, -0.1) is 0 Å². The maximum absolute atomic E-state index is 12.2. The van der Waals surface area contributed by atoms with Gasteiger partial charge >= 0.3 is 11.9 Å². The molecule has 0 saturated heterocycles. The molecule has 0 bridgehead atoms. The molecule has 0 unspecified atom stereocenters. The highest BCUT2D eigenvalue weighted by molar-refractivity contribution is 5.92. The van der Waals surface area contributed by atoms with Crippen LogP contribution >= 0.6 is 0 Å². The van der Waals surface area contributed by atoms with Crippen molar-refractivity contribution in [3.8, 4) is 0 Å². The van der Waals surface area contributed by atoms with Crippen LogP contribution in [0, 0.1) is 17.8 Å². The van der Waals surface area contributed by atoms with Crippen molar-refractivity contribution in [2.75, 3.05) is 6.54 Å². The van der Waals surface area contributed by atoms with Gasteiger partial charge in [0.2, 0.25) is 5.91 Å². The molecule has 130 valence electrons. The third-order valence-corrected chi connectivity index (χ3v) is 4.94. The molecule has 0 aromatic rings. The van der Waals surface area contributed by atoms with Gasteiger partial charge in [-0.1, -0.05) is 6.42 Å². The maximum atomic E-state index is 12.2. The number of carboxylic acids is 2. The van der Waals surface area contributed by atoms with Crippen LogP contribution in [0.1, 0.15) is 25.7 Å². The van der Waals surface area contributed by atoms with Gasteiger partial charge in [0.05, 0.1) is 18.1 Å². The van der Waals surface area contributed by atoms with Gasteiger partial charge in [0.1, 0.15) is 5.54 Å². The minimum Gasteiger partial charge on any atom is -0.481 e. The minimum atomic E-state index is -1.77. The molecule has 2 rings (SSSR count). The number of carboxylic acid groups (broad SMARTS) is 2. The highest BCUT2D eigenvalue weighted by Crippen LogP contribution is 2.62. The quantitative estimate of drug-likeness (QED) is 0.279. The second-order valence-corrected chi connectivity index (χ2v) is 6.40. The molecule has 2 saturated carbocycles. The van der Waals surface area contributed by atoms with Crippen molar-refractivity contribution in [3.05, 3.63) is 0 Å². The van der Waals surface area contributed by atoms with Gasteiger partial charge in [-0.2, -0.15) is 0 Å². The summed E-state index contributed by atoms with van der Waals surface area (Å²) >= 11 is 0. The van der Waals surface area contributed by atoms with Crippen LogP contribution in [0.15, 0.2) is 0 Å². The number of carbonyl (C=O) groups is 3. The first-order chi connectivity index (χ1) is 10.8. The van der Waals surface area contributed by atoms with Crippen LogP contribution in [0.4, 0.5) is 0 Å². The van der Waals surface area contributed by atoms with E-state index in [4.69, 9.17) is 16.6 Å². The van der Waals surface area contributed by atoms with Gasteiger partial charge in [-0.05, 0) is 19.4 Å². The van der Waals surface area contributed by atoms with Crippen LogP contribution in [0.5, 0.6) is 0 Å². The molecule has 2 fully saturated rings. The molecule has 23 heavy (non-hydrogen) atoms. The normalized spacial score (nSPS) is 36.1. The molecule has 9 nitrogen and oxygen atoms in total. The lowest BCUT2D eigenvalue weighted by Crippen LogP contribution is -2.59. The average Bonchev–Trinajstić information content (AvgIpc) is 3.16. The number of amides is 1. The molecule has 1 amide bonds. The maximum Gasteiger partial charge on any atom is 0.329 e. The summed E-state index contributed by atoms with van der Waals surface area (Å²) < 4.78 is 0. The van der Waals surface area contributed by atoms with Crippen LogP contribution in [-0.2, 0) is 14.4 Å². The number of nitrogens with two attached hydrogens (primary N) is 2. The van der Waals surface area contributed by atoms with Crippen LogP contribution in [0.2, 0.25) is 0 Å². The van der Waals surface area contributed by atoms with Crippen molar-refractivity contribution >= 4 is 17.8 Å². The van der Waals surface area contributed by atoms with E-state index in [1.807, 2.05) is 0 Å². The van der Waals surface area contributed by atoms with Crippen molar-refractivity contribution in [3.63, 3.8) is 0 Å². The number of hydrogen-bond donors (Lipinski definition) is 6. The fraction of sp³-hybridized carbons (Fsp3) is 0.786. The molecule has 8 N–H and O–H groups in total. The molecule has 0 spiro atoms. The molecule has 9 heteroatoms. The monoisotopic (exact) mass is 329 g/mol. The molecule has 0 aromatic heterocycles. The average molecular weight is 329 g/mol. The van der Waals surface area contributed by atoms with Crippen molar-refractivity contribution in [1.82, 2.24) is 5.32 Å². The van der Waals surface area contributed by atoms with Crippen LogP contribution in [0.3, 0.4) is 0 Å². The molecule has 0 aliphatic heterocycles. The van der Waals surface area contributed by atoms with Crippen LogP contribution in [0.25, 0.3) is 0 Å². The minimum absolute atomic E-state index is 0.206. The zero-order valence-corrected chi connectivity index (χ0v) is 12.6. The van der Waals surface area contributed by atoms with E-state index in [-0.39, 0.29) is 6.42 Å². The molecule has 0 radical (unpaired) electrons. The largest absolute Gasteiger partial charge is 0.481 e. The number of nitrogens with one attached hydrogen (secondary N) is 1. The van der Waals surface area contributed by atoms with E-state index < -0.39 is 53.3 Å². The molecular weight excluding hydrogens is 306 g/mol. The summed E-state index contributed by atoms with van der Waals surface area (Å²) in [6.45, 7) is 0.476. The van der Waals surface area contributed by atoms with Gasteiger partial charge in [-0.25, -0.2) is 4.79 Å². The number of rotatable bonds is 8. The predicted molar refractivity (Wildman–Crippen MR) is 78.1 cm³/mol. The van der Waals surface area contributed by atoms with E-state index >= 15 is 0 Å². The number of unbranched alkanes of at least 4 members (excludes halogenated alkanes) is 1. The standard InChI is InChI=1S/C14H23N3O6/c15-4-2-1-3-6(16)11(19)17-14(13(22)23)5-7(18)8-9(10(8)14)12(20)21/h6-10,18H,1-5,15-16H2,(H,17,19)(H,20,21)(H,22,23)/t6-,7-,8-,9-,10-,14-/m0/s1. The highest BCUT2D eigenvalue weighted by atomic mass is 16.4. The number of hydrogen-bond acceptors (Lipinski definition) is 6. The Balaban J connectivity index is 2.09. The first-order valence-corrected chi connectivity index (χ1v) is 7.68. The Morgan fingerprint density at radius 2 is 1.91 bits per heavy atom. The van der Waals surface area contributed by atoms with E-state index in [0.29, 0.717) is 25.8 Å². The lowest BCUT2D eigenvalue weighted by Gasteiger charge is -2.30. The van der Waals surface area contributed by atoms with Gasteiger partial charge in [0.25, 0.3) is 0 Å². The molecule has 0 heterocycles. The number of aliphatic carboxylic acids is 2. The Hall–Kier alpha value is -1.71. The lowest BCUT2D eigenvalue weighted by atomic mass is 9.89. The first-order valence-electron chi connectivity index (χ1n) is 7.68. The Labute approximate surface area is 133 Å². The third-order valence-electron chi connectivity index (χ3n) is 4.94. The Kier molecular flexibility index (Phi) is 4.92. The highest BCUT2D eigenvalue weighted by Gasteiger charge is 2.75. The predicted octanol–water partition coefficient (Wildman–Crippen LogP) is -1.91. The summed E-state index contributed by atoms with van der Waals surface area (Å²) in [5.41, 5.74) is 9.35. The number of aliphatic hydroxyl groups is 1. The summed E-state index contributed by atoms with van der Waals surface area (Å²) in [4.78, 5) is 35.1. The Morgan fingerprint density at radius 3 is 2.39 bits per heavy atom. The van der Waals surface area contributed by atoms with Crippen LogP contribution < -0.4 is 16.8 Å². The second kappa shape index (κ2) is 6.42. The summed E-state index contributed by atoms with van der Waals surface area (Å²) in [7, 11) is 0. The Bertz CT molecular complexity index is 513. The zero-order chi connectivity index (χ0) is 17.4. The summed E-state index contributed by atoms with van der Waals surface area (Å²) in [5.74, 6) is -5.55. The van der Waals surface area contributed by atoms with E-state index in [9.17, 15) is 24.6 Å². The first kappa shape index (κ1) is 17.6. The topological polar surface area (TPSA) is 176 Å². The van der Waals surface area contributed by atoms with Gasteiger partial charge in [0.15, 0.2) is 0 Å². The fourth-order valence-electron chi connectivity index (χ4n) is 3.74. The second-order valence-electron chi connectivity index (χ2n) is 6.40. The summed E-state index contributed by atoms with van der Waals surface area (Å²) in [5, 5.41) is 31.0. The van der Waals surface area contributed by atoms with Crippen molar-refractivity contribution < 1.29 is 29.7 Å². The molecule has 2 aliphatic rings. The SMILES string of the molecule is NCCCC[C@H](N)C(=O)N[C@@]1(C(=O)O)C[C@H](O)[C@H]2[C@H](C(=O)O)[C@H]21. The van der Waals surface area contributed by atoms with Gasteiger partial charge in [0, 0.05) is 18.3 Å². The van der Waals surface area contributed by atoms with E-state index in [2.05, 4.69) is 5.32 Å². The third kappa shape index (κ3) is 3.04. The Morgan fingerprint density at radius 1 is 1.26 bits per heavy atom. The fourth-order valence-corrected chi connectivity index (χ4v) is 3.74. The zero-order valence-electron chi connectivity index (χ0n) is 12.6. The molecular formula is C14H23N3O6. The molecule has 6 atom stereocenters.